The summed E-state index contributed by atoms with van der Waals surface area (Å²) in [5.41, 5.74) is 2.51. The summed E-state index contributed by atoms with van der Waals surface area (Å²) in [6, 6.07) is 6.09. The molecule has 0 aliphatic carbocycles. The average molecular weight is 358 g/mol. The van der Waals surface area contributed by atoms with Crippen LogP contribution in [0.4, 0.5) is 11.6 Å². The fourth-order valence-electron chi connectivity index (χ4n) is 3.18. The predicted molar refractivity (Wildman–Crippen MR) is 101 cm³/mol. The molecule has 2 N–H and O–H groups in total. The molecule has 1 aromatic carbocycles. The molecule has 0 unspecified atom stereocenters. The number of aliphatic hydroxyl groups is 1. The van der Waals surface area contributed by atoms with Gasteiger partial charge in [-0.3, -0.25) is 0 Å². The molecule has 0 atom stereocenters. The topological polar surface area (TPSA) is 79.7 Å². The highest BCUT2D eigenvalue weighted by molar-refractivity contribution is 5.54. The Morgan fingerprint density at radius 2 is 1.85 bits per heavy atom. The Morgan fingerprint density at radius 1 is 1.12 bits per heavy atom. The van der Waals surface area contributed by atoms with Crippen molar-refractivity contribution in [2.24, 2.45) is 0 Å². The van der Waals surface area contributed by atoms with Gasteiger partial charge in [-0.05, 0) is 43.0 Å². The van der Waals surface area contributed by atoms with Gasteiger partial charge in [-0.15, -0.1) is 0 Å². The van der Waals surface area contributed by atoms with Crippen molar-refractivity contribution in [1.29, 1.82) is 0 Å². The van der Waals surface area contributed by atoms with Gasteiger partial charge in [0.2, 0.25) is 0 Å². The van der Waals surface area contributed by atoms with Gasteiger partial charge in [0.05, 0.1) is 14.2 Å². The summed E-state index contributed by atoms with van der Waals surface area (Å²) in [7, 11) is 3.32. The van der Waals surface area contributed by atoms with Crippen molar-refractivity contribution in [3.05, 3.63) is 35.2 Å². The quantitative estimate of drug-likeness (QED) is 0.734. The van der Waals surface area contributed by atoms with Crippen LogP contribution in [0, 0.1) is 6.92 Å². The van der Waals surface area contributed by atoms with Crippen molar-refractivity contribution in [1.82, 2.24) is 9.97 Å². The number of hydrogen-bond donors (Lipinski definition) is 2. The van der Waals surface area contributed by atoms with Crippen molar-refractivity contribution >= 4 is 11.6 Å². The molecule has 7 heteroatoms. The lowest BCUT2D eigenvalue weighted by molar-refractivity contribution is 0.292. The van der Waals surface area contributed by atoms with E-state index in [9.17, 15) is 0 Å². The summed E-state index contributed by atoms with van der Waals surface area (Å²) >= 11 is 0. The lowest BCUT2D eigenvalue weighted by Crippen LogP contribution is -2.31. The summed E-state index contributed by atoms with van der Waals surface area (Å²) in [4.78, 5) is 11.3. The van der Waals surface area contributed by atoms with Gasteiger partial charge >= 0.3 is 0 Å². The normalized spacial score (nSPS) is 13.3. The molecule has 2 aromatic rings. The highest BCUT2D eigenvalue weighted by Crippen LogP contribution is 2.34. The van der Waals surface area contributed by atoms with Gasteiger partial charge in [-0.1, -0.05) is 0 Å². The van der Waals surface area contributed by atoms with Crippen LogP contribution in [0.3, 0.4) is 0 Å². The van der Waals surface area contributed by atoms with Crippen LogP contribution < -0.4 is 19.7 Å². The van der Waals surface area contributed by atoms with Gasteiger partial charge in [0, 0.05) is 32.3 Å². The number of rotatable bonds is 7. The average Bonchev–Trinajstić information content (AvgIpc) is 2.66. The third-order valence-electron chi connectivity index (χ3n) is 4.51. The zero-order valence-electron chi connectivity index (χ0n) is 15.6. The Hall–Kier alpha value is -2.54. The molecule has 1 aliphatic heterocycles. The van der Waals surface area contributed by atoms with Gasteiger partial charge < -0.3 is 24.8 Å². The molecule has 0 fully saturated rings. The number of aliphatic hydroxyl groups excluding tert-OH is 1. The minimum absolute atomic E-state index is 0.165. The lowest BCUT2D eigenvalue weighted by Gasteiger charge is -2.30. The maximum Gasteiger partial charge on any atom is 0.161 e. The summed E-state index contributed by atoms with van der Waals surface area (Å²) < 4.78 is 10.8. The van der Waals surface area contributed by atoms with Gasteiger partial charge in [-0.25, -0.2) is 9.97 Å². The fourth-order valence-corrected chi connectivity index (χ4v) is 3.18. The fraction of sp³-hybridized carbons (Fsp3) is 0.474. The zero-order valence-corrected chi connectivity index (χ0v) is 15.6. The number of anilines is 2. The molecule has 26 heavy (non-hydrogen) atoms. The highest BCUT2D eigenvalue weighted by atomic mass is 16.5. The van der Waals surface area contributed by atoms with Crippen LogP contribution in [-0.2, 0) is 13.0 Å². The maximum absolute atomic E-state index is 8.93. The molecule has 1 aliphatic rings. The number of hydrogen-bond acceptors (Lipinski definition) is 7. The molecule has 0 bridgehead atoms. The summed E-state index contributed by atoms with van der Waals surface area (Å²) in [5.74, 6) is 3.95. The SMILES string of the molecule is COc1cc2c(cc1OC)CN(c1cc(NCCCO)nc(C)n1)CC2. The molecule has 2 heterocycles. The number of nitrogens with zero attached hydrogens (tertiary/aromatic N) is 3. The Morgan fingerprint density at radius 3 is 2.54 bits per heavy atom. The first-order valence-corrected chi connectivity index (χ1v) is 8.83. The number of benzene rings is 1. The summed E-state index contributed by atoms with van der Waals surface area (Å²) in [6.07, 6.45) is 1.61. The third-order valence-corrected chi connectivity index (χ3v) is 4.51. The Labute approximate surface area is 154 Å². The molecule has 7 nitrogen and oxygen atoms in total. The monoisotopic (exact) mass is 358 g/mol. The smallest absolute Gasteiger partial charge is 0.161 e. The molecule has 0 saturated heterocycles. The van der Waals surface area contributed by atoms with Crippen molar-refractivity contribution < 1.29 is 14.6 Å². The largest absolute Gasteiger partial charge is 0.493 e. The van der Waals surface area contributed by atoms with Crippen LogP contribution >= 0.6 is 0 Å². The number of aryl methyl sites for hydroxylation is 1. The second-order valence-electron chi connectivity index (χ2n) is 6.31. The predicted octanol–water partition coefficient (Wildman–Crippen LogP) is 2.16. The highest BCUT2D eigenvalue weighted by Gasteiger charge is 2.21. The Bertz CT molecular complexity index is 767. The number of fused-ring (bicyclic) bond motifs is 1. The minimum atomic E-state index is 0.165. The van der Waals surface area contributed by atoms with Crippen LogP contribution in [-0.4, -0.2) is 49.0 Å². The van der Waals surface area contributed by atoms with Crippen LogP contribution in [0.5, 0.6) is 11.5 Å². The van der Waals surface area contributed by atoms with Crippen LogP contribution in [0.25, 0.3) is 0 Å². The minimum Gasteiger partial charge on any atom is -0.493 e. The second-order valence-corrected chi connectivity index (χ2v) is 6.31. The van der Waals surface area contributed by atoms with Crippen molar-refractivity contribution in [3.8, 4) is 11.5 Å². The van der Waals surface area contributed by atoms with E-state index in [4.69, 9.17) is 14.6 Å². The molecule has 0 saturated carbocycles. The van der Waals surface area contributed by atoms with E-state index < -0.39 is 0 Å². The van der Waals surface area contributed by atoms with E-state index in [-0.39, 0.29) is 6.61 Å². The van der Waals surface area contributed by atoms with Crippen molar-refractivity contribution in [2.75, 3.05) is 44.1 Å². The van der Waals surface area contributed by atoms with Crippen LogP contribution in [0.15, 0.2) is 18.2 Å². The van der Waals surface area contributed by atoms with Gasteiger partial charge in [0.25, 0.3) is 0 Å². The Balaban J connectivity index is 1.82. The summed E-state index contributed by atoms with van der Waals surface area (Å²) in [5, 5.41) is 12.2. The number of methoxy groups -OCH3 is 2. The summed E-state index contributed by atoms with van der Waals surface area (Å²) in [6.45, 7) is 4.40. The number of ether oxygens (including phenoxy) is 2. The second kappa shape index (κ2) is 8.23. The van der Waals surface area contributed by atoms with Crippen molar-refractivity contribution in [3.63, 3.8) is 0 Å². The first-order chi connectivity index (χ1) is 12.6. The van der Waals surface area contributed by atoms with Crippen LogP contribution in [0.1, 0.15) is 23.4 Å². The molecular formula is C19H26N4O3. The molecular weight excluding hydrogens is 332 g/mol. The Kier molecular flexibility index (Phi) is 5.78. The maximum atomic E-state index is 8.93. The van der Waals surface area contributed by atoms with E-state index in [0.717, 1.165) is 48.5 Å². The van der Waals surface area contributed by atoms with Gasteiger partial charge in [-0.2, -0.15) is 0 Å². The molecule has 0 amide bonds. The van der Waals surface area contributed by atoms with Crippen LogP contribution in [0.2, 0.25) is 0 Å². The van der Waals surface area contributed by atoms with Gasteiger partial charge in [0.15, 0.2) is 11.5 Å². The van der Waals surface area contributed by atoms with E-state index in [1.807, 2.05) is 13.0 Å². The van der Waals surface area contributed by atoms with Crippen molar-refractivity contribution in [2.45, 2.75) is 26.3 Å². The number of nitrogens with one attached hydrogen (secondary N) is 1. The zero-order chi connectivity index (χ0) is 18.5. The molecule has 0 radical (unpaired) electrons. The van der Waals surface area contributed by atoms with E-state index >= 15 is 0 Å². The standard InChI is InChI=1S/C19H26N4O3/c1-13-21-18(20-6-4-8-24)11-19(22-13)23-7-5-14-9-16(25-2)17(26-3)10-15(14)12-23/h9-11,24H,4-8,12H2,1-3H3,(H,20,21,22). The van der Waals surface area contributed by atoms with E-state index in [0.29, 0.717) is 13.0 Å². The van der Waals surface area contributed by atoms with E-state index in [1.54, 1.807) is 14.2 Å². The first kappa shape index (κ1) is 18.3. The first-order valence-electron chi connectivity index (χ1n) is 8.83. The third kappa shape index (κ3) is 3.99. The number of aromatic nitrogens is 2. The molecule has 0 spiro atoms. The van der Waals surface area contributed by atoms with E-state index in [2.05, 4.69) is 32.3 Å². The molecule has 140 valence electrons. The van der Waals surface area contributed by atoms with E-state index in [1.165, 1.54) is 11.1 Å². The molecule has 3 rings (SSSR count). The molecule has 1 aromatic heterocycles. The lowest BCUT2D eigenvalue weighted by atomic mass is 9.99. The van der Waals surface area contributed by atoms with Gasteiger partial charge in [0.1, 0.15) is 17.5 Å².